The maximum atomic E-state index is 5.00. The molecule has 0 saturated heterocycles. The van der Waals surface area contributed by atoms with Gasteiger partial charge in [-0.25, -0.2) is 4.98 Å². The van der Waals surface area contributed by atoms with Gasteiger partial charge in [-0.3, -0.25) is 0 Å². The summed E-state index contributed by atoms with van der Waals surface area (Å²) in [5.41, 5.74) is 0. The van der Waals surface area contributed by atoms with Gasteiger partial charge in [0.2, 0.25) is 0 Å². The highest BCUT2D eigenvalue weighted by atomic mass is 79.9. The van der Waals surface area contributed by atoms with Crippen LogP contribution in [0.25, 0.3) is 0 Å². The van der Waals surface area contributed by atoms with Gasteiger partial charge >= 0.3 is 0 Å². The van der Waals surface area contributed by atoms with Gasteiger partial charge in [-0.1, -0.05) is 0 Å². The van der Waals surface area contributed by atoms with Crippen molar-refractivity contribution in [2.24, 2.45) is 0 Å². The minimum atomic E-state index is 0.777. The average molecular weight is 294 g/mol. The van der Waals surface area contributed by atoms with Gasteiger partial charge in [0.05, 0.1) is 6.61 Å². The molecule has 0 fully saturated rings. The second-order valence-corrected chi connectivity index (χ2v) is 4.87. The Kier molecular flexibility index (Phi) is 6.16. The van der Waals surface area contributed by atoms with Crippen molar-refractivity contribution >= 4 is 32.4 Å². The van der Waals surface area contributed by atoms with Crippen LogP contribution in [0.2, 0.25) is 0 Å². The molecule has 0 atom stereocenters. The summed E-state index contributed by atoms with van der Waals surface area (Å²) < 4.78 is 5.89. The Morgan fingerprint density at radius 2 is 2.40 bits per heavy atom. The van der Waals surface area contributed by atoms with Crippen molar-refractivity contribution in [3.05, 3.63) is 9.98 Å². The average Bonchev–Trinajstić information content (AvgIpc) is 2.61. The number of methoxy groups -OCH3 is 1. The number of likely N-dealkylation sites (N-methyl/N-ethyl adjacent to an activating group) is 1. The maximum Gasteiger partial charge on any atom is 0.183 e. The third kappa shape index (κ3) is 5.46. The Morgan fingerprint density at radius 3 is 3.00 bits per heavy atom. The van der Waals surface area contributed by atoms with Crippen LogP contribution in [-0.2, 0) is 4.74 Å². The fourth-order valence-electron chi connectivity index (χ4n) is 1.05. The minimum Gasteiger partial charge on any atom is -0.383 e. The lowest BCUT2D eigenvalue weighted by molar-refractivity contribution is 0.163. The number of nitrogens with one attached hydrogen (secondary N) is 1. The first-order chi connectivity index (χ1) is 7.22. The van der Waals surface area contributed by atoms with Crippen LogP contribution >= 0.6 is 27.3 Å². The van der Waals surface area contributed by atoms with Crippen molar-refractivity contribution in [2.75, 3.05) is 45.7 Å². The van der Waals surface area contributed by atoms with Gasteiger partial charge in [0.25, 0.3) is 0 Å². The van der Waals surface area contributed by atoms with Gasteiger partial charge in [-0.15, -0.1) is 11.3 Å². The van der Waals surface area contributed by atoms with Crippen LogP contribution in [0.1, 0.15) is 0 Å². The molecule has 0 aromatic carbocycles. The normalized spacial score (nSPS) is 10.9. The number of thiazole rings is 1. The number of halogens is 1. The summed E-state index contributed by atoms with van der Waals surface area (Å²) in [5, 5.41) is 6.20. The quantitative estimate of drug-likeness (QED) is 0.833. The van der Waals surface area contributed by atoms with Gasteiger partial charge in [0, 0.05) is 32.1 Å². The Balaban J connectivity index is 2.10. The first-order valence-corrected chi connectivity index (χ1v) is 6.42. The van der Waals surface area contributed by atoms with Gasteiger partial charge in [-0.05, 0) is 23.0 Å². The molecule has 4 nitrogen and oxygen atoms in total. The number of nitrogens with zero attached hydrogens (tertiary/aromatic N) is 2. The van der Waals surface area contributed by atoms with E-state index in [1.54, 1.807) is 18.4 Å². The summed E-state index contributed by atoms with van der Waals surface area (Å²) in [6, 6.07) is 0. The number of rotatable bonds is 7. The summed E-state index contributed by atoms with van der Waals surface area (Å²) in [7, 11) is 3.80. The molecule has 6 heteroatoms. The van der Waals surface area contributed by atoms with Gasteiger partial charge in [0.15, 0.2) is 5.13 Å². The first-order valence-electron chi connectivity index (χ1n) is 4.74. The van der Waals surface area contributed by atoms with E-state index in [0.29, 0.717) is 0 Å². The Bertz CT molecular complexity index is 282. The highest BCUT2D eigenvalue weighted by Gasteiger charge is 2.00. The molecule has 0 aliphatic rings. The third-order valence-corrected chi connectivity index (χ3v) is 3.43. The molecule has 1 N–H and O–H groups in total. The molecule has 1 rings (SSSR count). The largest absolute Gasteiger partial charge is 0.383 e. The van der Waals surface area contributed by atoms with Gasteiger partial charge in [0.1, 0.15) is 4.60 Å². The lowest BCUT2D eigenvalue weighted by atomic mass is 10.5. The molecule has 0 aliphatic carbocycles. The summed E-state index contributed by atoms with van der Waals surface area (Å²) >= 11 is 4.93. The zero-order valence-electron chi connectivity index (χ0n) is 8.99. The molecule has 1 heterocycles. The minimum absolute atomic E-state index is 0.777. The van der Waals surface area contributed by atoms with E-state index in [4.69, 9.17) is 4.74 Å². The highest BCUT2D eigenvalue weighted by molar-refractivity contribution is 9.10. The number of ether oxygens (including phenoxy) is 1. The van der Waals surface area contributed by atoms with Crippen LogP contribution in [0.3, 0.4) is 0 Å². The molecular formula is C9H16BrN3OS. The molecule has 0 radical (unpaired) electrons. The van der Waals surface area contributed by atoms with Crippen molar-refractivity contribution < 1.29 is 4.74 Å². The van der Waals surface area contributed by atoms with E-state index in [-0.39, 0.29) is 0 Å². The van der Waals surface area contributed by atoms with E-state index in [1.807, 2.05) is 5.38 Å². The van der Waals surface area contributed by atoms with Crippen molar-refractivity contribution in [2.45, 2.75) is 0 Å². The van der Waals surface area contributed by atoms with Crippen LogP contribution in [0.4, 0.5) is 5.13 Å². The second-order valence-electron chi connectivity index (χ2n) is 3.20. The topological polar surface area (TPSA) is 37.4 Å². The fourth-order valence-corrected chi connectivity index (χ4v) is 2.22. The van der Waals surface area contributed by atoms with Crippen LogP contribution < -0.4 is 5.32 Å². The SMILES string of the molecule is COCCN(C)CCNc1nc(Br)cs1. The Morgan fingerprint density at radius 1 is 1.60 bits per heavy atom. The Hall–Kier alpha value is -0.170. The van der Waals surface area contributed by atoms with Crippen molar-refractivity contribution in [1.29, 1.82) is 0 Å². The molecule has 15 heavy (non-hydrogen) atoms. The predicted octanol–water partition coefficient (Wildman–Crippen LogP) is 1.90. The molecule has 0 spiro atoms. The molecule has 0 aliphatic heterocycles. The van der Waals surface area contributed by atoms with E-state index < -0.39 is 0 Å². The molecule has 0 amide bonds. The standard InChI is InChI=1S/C9H16BrN3OS/c1-13(5-6-14-2)4-3-11-9-12-8(10)7-15-9/h7H,3-6H2,1-2H3,(H,11,12). The monoisotopic (exact) mass is 293 g/mol. The number of hydrogen-bond donors (Lipinski definition) is 1. The zero-order valence-corrected chi connectivity index (χ0v) is 11.4. The van der Waals surface area contributed by atoms with E-state index in [2.05, 4.69) is 38.2 Å². The summed E-state index contributed by atoms with van der Waals surface area (Å²) in [4.78, 5) is 6.47. The van der Waals surface area contributed by atoms with Gasteiger partial charge < -0.3 is 15.0 Å². The number of anilines is 1. The second kappa shape index (κ2) is 7.16. The van der Waals surface area contributed by atoms with Gasteiger partial charge in [-0.2, -0.15) is 0 Å². The van der Waals surface area contributed by atoms with E-state index in [1.165, 1.54) is 0 Å². The molecule has 1 aromatic heterocycles. The van der Waals surface area contributed by atoms with Crippen molar-refractivity contribution in [1.82, 2.24) is 9.88 Å². The predicted molar refractivity (Wildman–Crippen MR) is 67.7 cm³/mol. The third-order valence-electron chi connectivity index (χ3n) is 1.92. The first kappa shape index (κ1) is 12.9. The molecule has 0 saturated carbocycles. The van der Waals surface area contributed by atoms with Crippen LogP contribution in [0.5, 0.6) is 0 Å². The van der Waals surface area contributed by atoms with E-state index in [9.17, 15) is 0 Å². The van der Waals surface area contributed by atoms with Crippen LogP contribution in [-0.4, -0.2) is 50.3 Å². The fraction of sp³-hybridized carbons (Fsp3) is 0.667. The summed E-state index contributed by atoms with van der Waals surface area (Å²) in [6.07, 6.45) is 0. The van der Waals surface area contributed by atoms with Crippen molar-refractivity contribution in [3.8, 4) is 0 Å². The number of hydrogen-bond acceptors (Lipinski definition) is 5. The molecule has 1 aromatic rings. The van der Waals surface area contributed by atoms with E-state index in [0.717, 1.165) is 36.0 Å². The molecule has 86 valence electrons. The van der Waals surface area contributed by atoms with Crippen LogP contribution in [0.15, 0.2) is 9.98 Å². The maximum absolute atomic E-state index is 5.00. The van der Waals surface area contributed by atoms with Crippen LogP contribution in [0, 0.1) is 0 Å². The number of aromatic nitrogens is 1. The smallest absolute Gasteiger partial charge is 0.183 e. The summed E-state index contributed by atoms with van der Waals surface area (Å²) in [6.45, 7) is 3.62. The van der Waals surface area contributed by atoms with Crippen molar-refractivity contribution in [3.63, 3.8) is 0 Å². The summed E-state index contributed by atoms with van der Waals surface area (Å²) in [5.74, 6) is 0. The molecule has 0 bridgehead atoms. The zero-order chi connectivity index (χ0) is 11.1. The molecule has 0 unspecified atom stereocenters. The Labute approximate surface area is 103 Å². The molecular weight excluding hydrogens is 278 g/mol. The van der Waals surface area contributed by atoms with E-state index >= 15 is 0 Å². The lowest BCUT2D eigenvalue weighted by Crippen LogP contribution is -2.28. The highest BCUT2D eigenvalue weighted by Crippen LogP contribution is 2.18. The lowest BCUT2D eigenvalue weighted by Gasteiger charge is -2.15.